The van der Waals surface area contributed by atoms with Gasteiger partial charge in [0, 0.05) is 24.6 Å². The number of hydrogen-bond donors (Lipinski definition) is 2. The summed E-state index contributed by atoms with van der Waals surface area (Å²) in [5, 5.41) is 6.42. The van der Waals surface area contributed by atoms with E-state index in [1.165, 1.54) is 0 Å². The summed E-state index contributed by atoms with van der Waals surface area (Å²) >= 11 is 0. The lowest BCUT2D eigenvalue weighted by Gasteiger charge is -2.01. The molecule has 3 N–H and O–H groups in total. The van der Waals surface area contributed by atoms with E-state index in [0.29, 0.717) is 18.8 Å². The Morgan fingerprint density at radius 2 is 2.27 bits per heavy atom. The van der Waals surface area contributed by atoms with Gasteiger partial charge >= 0.3 is 0 Å². The highest BCUT2D eigenvalue weighted by molar-refractivity contribution is 5.93. The molecule has 0 spiro atoms. The number of nitrogens with zero attached hydrogens (tertiary/aromatic N) is 1. The fraction of sp³-hybridized carbons (Fsp3) is 0.600. The second-order valence-electron chi connectivity index (χ2n) is 3.72. The van der Waals surface area contributed by atoms with Gasteiger partial charge < -0.3 is 15.6 Å². The van der Waals surface area contributed by atoms with Crippen molar-refractivity contribution < 1.29 is 9.32 Å². The van der Waals surface area contributed by atoms with Crippen molar-refractivity contribution in [2.75, 3.05) is 13.1 Å². The lowest BCUT2D eigenvalue weighted by molar-refractivity contribution is 0.0945. The average Bonchev–Trinajstić information content (AvgIpc) is 2.56. The number of nitrogens with one attached hydrogen (secondary N) is 1. The molecular weight excluding hydrogens is 194 g/mol. The standard InChI is InChI=1S/C10H17N3O2/c1-6(2)9-7(3)8(13-15-9)10(14)12-5-4-11/h6H,4-5,11H2,1-3H3,(H,12,14). The van der Waals surface area contributed by atoms with Crippen LogP contribution in [0.2, 0.25) is 0 Å². The van der Waals surface area contributed by atoms with Crippen molar-refractivity contribution in [3.63, 3.8) is 0 Å². The van der Waals surface area contributed by atoms with Crippen LogP contribution in [0.4, 0.5) is 0 Å². The molecule has 84 valence electrons. The van der Waals surface area contributed by atoms with Crippen LogP contribution in [0.25, 0.3) is 0 Å². The number of hydrogen-bond acceptors (Lipinski definition) is 4. The van der Waals surface area contributed by atoms with Gasteiger partial charge in [-0.2, -0.15) is 0 Å². The Bertz CT molecular complexity index is 344. The Hall–Kier alpha value is -1.36. The number of amides is 1. The van der Waals surface area contributed by atoms with Crippen molar-refractivity contribution in [1.29, 1.82) is 0 Å². The number of aromatic nitrogens is 1. The molecule has 0 aliphatic rings. The van der Waals surface area contributed by atoms with E-state index < -0.39 is 0 Å². The summed E-state index contributed by atoms with van der Waals surface area (Å²) in [6.07, 6.45) is 0. The van der Waals surface area contributed by atoms with Gasteiger partial charge in [0.25, 0.3) is 5.91 Å². The summed E-state index contributed by atoms with van der Waals surface area (Å²) < 4.78 is 5.12. The largest absolute Gasteiger partial charge is 0.360 e. The van der Waals surface area contributed by atoms with Crippen LogP contribution in [0.3, 0.4) is 0 Å². The molecule has 0 fully saturated rings. The van der Waals surface area contributed by atoms with E-state index in [1.807, 2.05) is 20.8 Å². The van der Waals surface area contributed by atoms with Crippen LogP contribution in [-0.4, -0.2) is 24.2 Å². The van der Waals surface area contributed by atoms with E-state index >= 15 is 0 Å². The first-order valence-corrected chi connectivity index (χ1v) is 5.02. The van der Waals surface area contributed by atoms with E-state index in [-0.39, 0.29) is 11.8 Å². The first-order valence-electron chi connectivity index (χ1n) is 5.02. The van der Waals surface area contributed by atoms with Crippen LogP contribution in [0.15, 0.2) is 4.52 Å². The average molecular weight is 211 g/mol. The smallest absolute Gasteiger partial charge is 0.273 e. The molecule has 0 bridgehead atoms. The first-order chi connectivity index (χ1) is 7.07. The number of rotatable bonds is 4. The molecule has 5 nitrogen and oxygen atoms in total. The molecule has 0 unspecified atom stereocenters. The van der Waals surface area contributed by atoms with Gasteiger partial charge in [-0.3, -0.25) is 4.79 Å². The normalized spacial score (nSPS) is 10.7. The lowest BCUT2D eigenvalue weighted by atomic mass is 10.1. The maximum absolute atomic E-state index is 11.6. The van der Waals surface area contributed by atoms with Crippen LogP contribution in [0.1, 0.15) is 41.6 Å². The summed E-state index contributed by atoms with van der Waals surface area (Å²) in [5.41, 5.74) is 6.45. The third kappa shape index (κ3) is 2.56. The van der Waals surface area contributed by atoms with Crippen molar-refractivity contribution in [3.8, 4) is 0 Å². The molecule has 15 heavy (non-hydrogen) atoms. The minimum atomic E-state index is -0.228. The van der Waals surface area contributed by atoms with Gasteiger partial charge in [0.15, 0.2) is 5.69 Å². The molecule has 1 aromatic rings. The van der Waals surface area contributed by atoms with Gasteiger partial charge in [0.1, 0.15) is 5.76 Å². The van der Waals surface area contributed by atoms with E-state index in [4.69, 9.17) is 10.3 Å². The number of nitrogens with two attached hydrogens (primary N) is 1. The van der Waals surface area contributed by atoms with Gasteiger partial charge in [-0.25, -0.2) is 0 Å². The quantitative estimate of drug-likeness (QED) is 0.771. The minimum absolute atomic E-state index is 0.228. The summed E-state index contributed by atoms with van der Waals surface area (Å²) in [4.78, 5) is 11.6. The van der Waals surface area contributed by atoms with Crippen molar-refractivity contribution in [2.45, 2.75) is 26.7 Å². The van der Waals surface area contributed by atoms with Crippen LogP contribution < -0.4 is 11.1 Å². The van der Waals surface area contributed by atoms with Gasteiger partial charge in [-0.1, -0.05) is 19.0 Å². The summed E-state index contributed by atoms with van der Waals surface area (Å²) in [6.45, 7) is 6.69. The third-order valence-electron chi connectivity index (χ3n) is 2.13. The molecule has 1 heterocycles. The molecular formula is C10H17N3O2. The Balaban J connectivity index is 2.82. The van der Waals surface area contributed by atoms with Crippen molar-refractivity contribution >= 4 is 5.91 Å². The maximum atomic E-state index is 11.6. The van der Waals surface area contributed by atoms with Gasteiger partial charge in [0.05, 0.1) is 0 Å². The Kier molecular flexibility index (Phi) is 3.85. The monoisotopic (exact) mass is 211 g/mol. The number of carbonyl (C=O) groups excluding carboxylic acids is 1. The second kappa shape index (κ2) is 4.93. The zero-order valence-corrected chi connectivity index (χ0v) is 9.33. The summed E-state index contributed by atoms with van der Waals surface area (Å²) in [6, 6.07) is 0. The predicted octanol–water partition coefficient (Wildman–Crippen LogP) is 0.795. The van der Waals surface area contributed by atoms with Crippen LogP contribution in [0, 0.1) is 6.92 Å². The van der Waals surface area contributed by atoms with Crippen LogP contribution in [-0.2, 0) is 0 Å². The molecule has 0 aliphatic heterocycles. The zero-order valence-electron chi connectivity index (χ0n) is 9.33. The van der Waals surface area contributed by atoms with Crippen molar-refractivity contribution in [3.05, 3.63) is 17.0 Å². The van der Waals surface area contributed by atoms with E-state index in [1.54, 1.807) is 0 Å². The maximum Gasteiger partial charge on any atom is 0.273 e. The Morgan fingerprint density at radius 3 is 2.73 bits per heavy atom. The fourth-order valence-electron chi connectivity index (χ4n) is 1.37. The highest BCUT2D eigenvalue weighted by Gasteiger charge is 2.19. The van der Waals surface area contributed by atoms with Crippen LogP contribution >= 0.6 is 0 Å². The van der Waals surface area contributed by atoms with Gasteiger partial charge in [-0.15, -0.1) is 0 Å². The Morgan fingerprint density at radius 1 is 1.60 bits per heavy atom. The summed E-state index contributed by atoms with van der Waals surface area (Å²) in [7, 11) is 0. The first kappa shape index (κ1) is 11.7. The molecule has 0 aromatic carbocycles. The minimum Gasteiger partial charge on any atom is -0.360 e. The SMILES string of the molecule is Cc1c(C(=O)NCCN)noc1C(C)C. The van der Waals surface area contributed by atoms with Gasteiger partial charge in [-0.05, 0) is 6.92 Å². The zero-order chi connectivity index (χ0) is 11.4. The molecule has 5 heteroatoms. The van der Waals surface area contributed by atoms with E-state index in [0.717, 1.165) is 11.3 Å². The van der Waals surface area contributed by atoms with E-state index in [2.05, 4.69) is 10.5 Å². The molecule has 0 radical (unpaired) electrons. The molecule has 1 aromatic heterocycles. The lowest BCUT2D eigenvalue weighted by Crippen LogP contribution is -2.29. The van der Waals surface area contributed by atoms with Crippen molar-refractivity contribution in [1.82, 2.24) is 10.5 Å². The van der Waals surface area contributed by atoms with Crippen molar-refractivity contribution in [2.24, 2.45) is 5.73 Å². The van der Waals surface area contributed by atoms with Crippen LogP contribution in [0.5, 0.6) is 0 Å². The summed E-state index contributed by atoms with van der Waals surface area (Å²) in [5.74, 6) is 0.759. The number of carbonyl (C=O) groups is 1. The van der Waals surface area contributed by atoms with E-state index in [9.17, 15) is 4.79 Å². The Labute approximate surface area is 89.0 Å². The molecule has 1 amide bonds. The second-order valence-corrected chi connectivity index (χ2v) is 3.72. The predicted molar refractivity (Wildman–Crippen MR) is 56.7 cm³/mol. The molecule has 0 atom stereocenters. The molecule has 0 saturated heterocycles. The highest BCUT2D eigenvalue weighted by atomic mass is 16.5. The molecule has 1 rings (SSSR count). The highest BCUT2D eigenvalue weighted by Crippen LogP contribution is 2.21. The third-order valence-corrected chi connectivity index (χ3v) is 2.13. The molecule has 0 saturated carbocycles. The van der Waals surface area contributed by atoms with Gasteiger partial charge in [0.2, 0.25) is 0 Å². The molecule has 0 aliphatic carbocycles. The fourth-order valence-corrected chi connectivity index (χ4v) is 1.37. The topological polar surface area (TPSA) is 81.2 Å².